The molecule has 0 unspecified atom stereocenters. The number of aryl methyl sites for hydroxylation is 1. The second-order valence-electron chi connectivity index (χ2n) is 2.50. The molecule has 1 aromatic rings. The number of benzene rings is 1. The highest BCUT2D eigenvalue weighted by atomic mass is 19.3. The number of alkyl halides is 2. The Bertz CT molecular complexity index is 327. The zero-order valence-electron chi connectivity index (χ0n) is 8.51. The molecule has 1 nitrogen and oxygen atoms in total. The second-order valence-corrected chi connectivity index (χ2v) is 2.50. The Balaban J connectivity index is 0.000000791. The lowest BCUT2D eigenvalue weighted by Crippen LogP contribution is -1.90. The first-order valence-electron chi connectivity index (χ1n) is 4.44. The summed E-state index contributed by atoms with van der Waals surface area (Å²) in [6.07, 6.45) is -2.57. The van der Waals surface area contributed by atoms with Crippen molar-refractivity contribution in [2.75, 3.05) is 0 Å². The van der Waals surface area contributed by atoms with E-state index in [9.17, 15) is 8.78 Å². The average Bonchev–Trinajstić information content (AvgIpc) is 2.20. The molecular formula is C11H13F2N. The third-order valence-corrected chi connectivity index (χ3v) is 1.56. The van der Waals surface area contributed by atoms with Gasteiger partial charge in [0.25, 0.3) is 6.43 Å². The van der Waals surface area contributed by atoms with Crippen molar-refractivity contribution in [3.05, 3.63) is 34.9 Å². The number of nitriles is 1. The molecule has 0 atom stereocenters. The maximum Gasteiger partial charge on any atom is 0.265 e. The highest BCUT2D eigenvalue weighted by Crippen LogP contribution is 2.23. The molecule has 3 heteroatoms. The van der Waals surface area contributed by atoms with E-state index in [0.29, 0.717) is 0 Å². The Morgan fingerprint density at radius 2 is 1.86 bits per heavy atom. The van der Waals surface area contributed by atoms with Crippen LogP contribution in [0, 0.1) is 18.3 Å². The molecule has 0 N–H and O–H groups in total. The minimum Gasteiger partial charge on any atom is -0.205 e. The lowest BCUT2D eigenvalue weighted by atomic mass is 10.1. The molecular weight excluding hydrogens is 184 g/mol. The van der Waals surface area contributed by atoms with Gasteiger partial charge in [-0.3, -0.25) is 0 Å². The first kappa shape index (κ1) is 12.6. The van der Waals surface area contributed by atoms with Crippen LogP contribution in [-0.2, 0) is 0 Å². The summed E-state index contributed by atoms with van der Waals surface area (Å²) in [5.74, 6) is 0. The molecule has 0 saturated carbocycles. The fourth-order valence-electron chi connectivity index (χ4n) is 0.965. The minimum atomic E-state index is -2.57. The van der Waals surface area contributed by atoms with E-state index in [1.54, 1.807) is 19.1 Å². The average molecular weight is 197 g/mol. The van der Waals surface area contributed by atoms with Crippen molar-refractivity contribution in [2.45, 2.75) is 27.2 Å². The molecule has 0 aliphatic heterocycles. The van der Waals surface area contributed by atoms with Crippen LogP contribution in [-0.4, -0.2) is 0 Å². The van der Waals surface area contributed by atoms with E-state index < -0.39 is 6.43 Å². The molecule has 0 radical (unpaired) electrons. The summed E-state index contributed by atoms with van der Waals surface area (Å²) in [7, 11) is 0. The first-order chi connectivity index (χ1) is 6.65. The first-order valence-corrected chi connectivity index (χ1v) is 4.44. The lowest BCUT2D eigenvalue weighted by molar-refractivity contribution is 0.151. The molecule has 14 heavy (non-hydrogen) atoms. The number of halogens is 2. The van der Waals surface area contributed by atoms with Crippen LogP contribution in [0.4, 0.5) is 8.78 Å². The van der Waals surface area contributed by atoms with Gasteiger partial charge in [0.1, 0.15) is 0 Å². The number of hydrogen-bond acceptors (Lipinski definition) is 1. The Hall–Kier alpha value is -1.43. The van der Waals surface area contributed by atoms with Gasteiger partial charge in [-0.15, -0.1) is 0 Å². The van der Waals surface area contributed by atoms with Crippen LogP contribution in [0.1, 0.15) is 37.0 Å². The van der Waals surface area contributed by atoms with Crippen LogP contribution in [0.15, 0.2) is 18.2 Å². The van der Waals surface area contributed by atoms with Crippen LogP contribution in [0.3, 0.4) is 0 Å². The molecule has 0 aromatic heterocycles. The minimum absolute atomic E-state index is 0.0515. The van der Waals surface area contributed by atoms with Gasteiger partial charge >= 0.3 is 0 Å². The molecule has 0 aliphatic carbocycles. The van der Waals surface area contributed by atoms with E-state index >= 15 is 0 Å². The lowest BCUT2D eigenvalue weighted by Gasteiger charge is -2.02. The summed E-state index contributed by atoms with van der Waals surface area (Å²) in [6.45, 7) is 5.72. The van der Waals surface area contributed by atoms with E-state index in [0.717, 1.165) is 5.56 Å². The van der Waals surface area contributed by atoms with Gasteiger partial charge in [0, 0.05) is 5.56 Å². The van der Waals surface area contributed by atoms with Crippen molar-refractivity contribution >= 4 is 0 Å². The normalized spacial score (nSPS) is 8.93. The van der Waals surface area contributed by atoms with Crippen LogP contribution >= 0.6 is 0 Å². The zero-order chi connectivity index (χ0) is 11.1. The van der Waals surface area contributed by atoms with Crippen molar-refractivity contribution in [1.82, 2.24) is 0 Å². The Morgan fingerprint density at radius 1 is 1.29 bits per heavy atom. The maximum absolute atomic E-state index is 12.2. The van der Waals surface area contributed by atoms with Crippen molar-refractivity contribution in [3.8, 4) is 6.07 Å². The highest BCUT2D eigenvalue weighted by molar-refractivity contribution is 5.40. The molecule has 1 aromatic carbocycles. The van der Waals surface area contributed by atoms with Crippen LogP contribution in [0.5, 0.6) is 0 Å². The SMILES string of the molecule is CC.Cc1ccc(C#N)c(C(F)F)c1. The van der Waals surface area contributed by atoms with Crippen molar-refractivity contribution < 1.29 is 8.78 Å². The molecule has 0 bridgehead atoms. The van der Waals surface area contributed by atoms with Crippen molar-refractivity contribution in [1.29, 1.82) is 5.26 Å². The van der Waals surface area contributed by atoms with Crippen LogP contribution < -0.4 is 0 Å². The summed E-state index contributed by atoms with van der Waals surface area (Å²) >= 11 is 0. The topological polar surface area (TPSA) is 23.8 Å². The molecule has 0 heterocycles. The van der Waals surface area contributed by atoms with E-state index in [1.165, 1.54) is 12.1 Å². The molecule has 1 rings (SSSR count). The van der Waals surface area contributed by atoms with E-state index in [4.69, 9.17) is 5.26 Å². The van der Waals surface area contributed by atoms with Crippen LogP contribution in [0.2, 0.25) is 0 Å². The fourth-order valence-corrected chi connectivity index (χ4v) is 0.965. The fraction of sp³-hybridized carbons (Fsp3) is 0.364. The quantitative estimate of drug-likeness (QED) is 0.671. The molecule has 0 fully saturated rings. The second kappa shape index (κ2) is 6.09. The van der Waals surface area contributed by atoms with Gasteiger partial charge in [0.2, 0.25) is 0 Å². The standard InChI is InChI=1S/C9H7F2N.C2H6/c1-6-2-3-7(5-12)8(4-6)9(10)11;1-2/h2-4,9H,1H3;1-2H3. The van der Waals surface area contributed by atoms with Crippen molar-refractivity contribution in [3.63, 3.8) is 0 Å². The summed E-state index contributed by atoms with van der Waals surface area (Å²) in [5.41, 5.74) is 0.609. The molecule has 0 amide bonds. The van der Waals surface area contributed by atoms with E-state index in [-0.39, 0.29) is 11.1 Å². The maximum atomic E-state index is 12.2. The van der Waals surface area contributed by atoms with Gasteiger partial charge in [0.15, 0.2) is 0 Å². The summed E-state index contributed by atoms with van der Waals surface area (Å²) < 4.78 is 24.5. The summed E-state index contributed by atoms with van der Waals surface area (Å²) in [5, 5.41) is 8.47. The van der Waals surface area contributed by atoms with E-state index in [2.05, 4.69) is 0 Å². The number of nitrogens with zero attached hydrogens (tertiary/aromatic N) is 1. The van der Waals surface area contributed by atoms with E-state index in [1.807, 2.05) is 13.8 Å². The Kier molecular flexibility index (Phi) is 5.47. The summed E-state index contributed by atoms with van der Waals surface area (Å²) in [6, 6.07) is 6.12. The highest BCUT2D eigenvalue weighted by Gasteiger charge is 2.11. The largest absolute Gasteiger partial charge is 0.265 e. The van der Waals surface area contributed by atoms with Crippen molar-refractivity contribution in [2.24, 2.45) is 0 Å². The third kappa shape index (κ3) is 3.14. The van der Waals surface area contributed by atoms with Gasteiger partial charge in [0.05, 0.1) is 11.6 Å². The van der Waals surface area contributed by atoms with Gasteiger partial charge in [-0.05, 0) is 19.1 Å². The predicted octanol–water partition coefficient (Wildman–Crippen LogP) is 3.83. The van der Waals surface area contributed by atoms with Gasteiger partial charge in [-0.25, -0.2) is 8.78 Å². The van der Waals surface area contributed by atoms with Gasteiger partial charge in [-0.1, -0.05) is 25.5 Å². The molecule has 0 aliphatic rings. The van der Waals surface area contributed by atoms with Gasteiger partial charge in [-0.2, -0.15) is 5.26 Å². The number of hydrogen-bond donors (Lipinski definition) is 0. The Morgan fingerprint density at radius 3 is 2.29 bits per heavy atom. The molecule has 0 saturated heterocycles. The van der Waals surface area contributed by atoms with Crippen LogP contribution in [0.25, 0.3) is 0 Å². The zero-order valence-corrected chi connectivity index (χ0v) is 8.51. The predicted molar refractivity (Wildman–Crippen MR) is 52.2 cm³/mol. The smallest absolute Gasteiger partial charge is 0.205 e. The summed E-state index contributed by atoms with van der Waals surface area (Å²) in [4.78, 5) is 0. The van der Waals surface area contributed by atoms with Gasteiger partial charge < -0.3 is 0 Å². The Labute approximate surface area is 83.0 Å². The molecule has 0 spiro atoms. The molecule has 76 valence electrons. The monoisotopic (exact) mass is 197 g/mol. The number of rotatable bonds is 1. The third-order valence-electron chi connectivity index (χ3n) is 1.56.